The third kappa shape index (κ3) is 7.67. The molecular weight excluding hydrogens is 258 g/mol. The van der Waals surface area contributed by atoms with Gasteiger partial charge in [0.05, 0.1) is 6.10 Å². The molecule has 0 aliphatic rings. The quantitative estimate of drug-likeness (QED) is 0.582. The Labute approximate surface area is 123 Å². The lowest BCUT2D eigenvalue weighted by molar-refractivity contribution is 0.0205. The maximum Gasteiger partial charge on any atom is 0.191 e. The Morgan fingerprint density at radius 3 is 2.16 bits per heavy atom. The van der Waals surface area contributed by atoms with Crippen molar-refractivity contribution in [3.05, 3.63) is 0 Å². The van der Waals surface area contributed by atoms with Gasteiger partial charge in [0, 0.05) is 32.0 Å². The summed E-state index contributed by atoms with van der Waals surface area (Å²) < 4.78 is 5.72. The fraction of sp³-hybridized carbons (Fsp3) is 0.929. The van der Waals surface area contributed by atoms with Gasteiger partial charge in [-0.2, -0.15) is 11.8 Å². The van der Waals surface area contributed by atoms with Gasteiger partial charge in [0.1, 0.15) is 0 Å². The topological polar surface area (TPSA) is 45.7 Å². The molecule has 0 aromatic heterocycles. The van der Waals surface area contributed by atoms with E-state index in [1.54, 1.807) is 14.2 Å². The lowest BCUT2D eigenvalue weighted by Gasteiger charge is -2.30. The molecule has 0 saturated heterocycles. The first-order valence-electron chi connectivity index (χ1n) is 6.68. The number of guanidine groups is 1. The van der Waals surface area contributed by atoms with E-state index in [9.17, 15) is 0 Å². The molecular formula is C14H31N3OS. The molecule has 0 spiro atoms. The minimum Gasteiger partial charge on any atom is -0.379 e. The molecule has 5 heteroatoms. The molecule has 1 unspecified atom stereocenters. The van der Waals surface area contributed by atoms with Crippen molar-refractivity contribution in [1.82, 2.24) is 10.6 Å². The lowest BCUT2D eigenvalue weighted by Crippen LogP contribution is -2.47. The summed E-state index contributed by atoms with van der Waals surface area (Å²) in [7, 11) is 3.55. The van der Waals surface area contributed by atoms with Crippen LogP contribution in [0.25, 0.3) is 0 Å². The highest BCUT2D eigenvalue weighted by atomic mass is 32.2. The lowest BCUT2D eigenvalue weighted by atomic mass is 9.89. The number of hydrogen-bond acceptors (Lipinski definition) is 3. The van der Waals surface area contributed by atoms with Crippen molar-refractivity contribution in [3.8, 4) is 0 Å². The maximum absolute atomic E-state index is 5.53. The molecule has 0 heterocycles. The second-order valence-electron chi connectivity index (χ2n) is 6.36. The molecule has 0 rings (SSSR count). The SMILES string of the molecule is CN=C(NCC(OC)C(C)(C)C)NCC(C)(C)SC. The van der Waals surface area contributed by atoms with E-state index >= 15 is 0 Å². The molecule has 0 saturated carbocycles. The van der Waals surface area contributed by atoms with Crippen LogP contribution in [0.2, 0.25) is 0 Å². The number of ether oxygens (including phenoxy) is 1. The van der Waals surface area contributed by atoms with Crippen molar-refractivity contribution in [2.24, 2.45) is 10.4 Å². The van der Waals surface area contributed by atoms with Gasteiger partial charge in [-0.1, -0.05) is 20.8 Å². The average Bonchev–Trinajstić information content (AvgIpc) is 2.32. The largest absolute Gasteiger partial charge is 0.379 e. The average molecular weight is 289 g/mol. The molecule has 0 aromatic rings. The highest BCUT2D eigenvalue weighted by Crippen LogP contribution is 2.21. The summed E-state index contributed by atoms with van der Waals surface area (Å²) in [6, 6.07) is 0. The Morgan fingerprint density at radius 2 is 1.79 bits per heavy atom. The summed E-state index contributed by atoms with van der Waals surface area (Å²) in [6.07, 6.45) is 2.28. The summed E-state index contributed by atoms with van der Waals surface area (Å²) >= 11 is 1.84. The van der Waals surface area contributed by atoms with Gasteiger partial charge in [-0.25, -0.2) is 0 Å². The van der Waals surface area contributed by atoms with Crippen LogP contribution >= 0.6 is 11.8 Å². The summed E-state index contributed by atoms with van der Waals surface area (Å²) in [6.45, 7) is 12.6. The molecule has 0 amide bonds. The second-order valence-corrected chi connectivity index (χ2v) is 7.87. The number of rotatable bonds is 6. The zero-order chi connectivity index (χ0) is 15.1. The van der Waals surface area contributed by atoms with Crippen LogP contribution in [-0.4, -0.2) is 50.3 Å². The molecule has 0 radical (unpaired) electrons. The fourth-order valence-corrected chi connectivity index (χ4v) is 1.74. The van der Waals surface area contributed by atoms with Gasteiger partial charge >= 0.3 is 0 Å². The molecule has 114 valence electrons. The number of thioether (sulfide) groups is 1. The van der Waals surface area contributed by atoms with Crippen molar-refractivity contribution in [1.29, 1.82) is 0 Å². The van der Waals surface area contributed by atoms with Crippen LogP contribution in [0.4, 0.5) is 0 Å². The minimum atomic E-state index is 0.110. The summed E-state index contributed by atoms with van der Waals surface area (Å²) in [4.78, 5) is 4.24. The Hall–Kier alpha value is -0.420. The van der Waals surface area contributed by atoms with E-state index in [1.807, 2.05) is 11.8 Å². The van der Waals surface area contributed by atoms with Crippen molar-refractivity contribution >= 4 is 17.7 Å². The first-order valence-corrected chi connectivity index (χ1v) is 7.91. The molecule has 4 nitrogen and oxygen atoms in total. The highest BCUT2D eigenvalue weighted by molar-refractivity contribution is 7.99. The monoisotopic (exact) mass is 289 g/mol. The molecule has 2 N–H and O–H groups in total. The molecule has 19 heavy (non-hydrogen) atoms. The van der Waals surface area contributed by atoms with Gasteiger partial charge in [0.2, 0.25) is 0 Å². The molecule has 0 bridgehead atoms. The van der Waals surface area contributed by atoms with Gasteiger partial charge in [0.15, 0.2) is 5.96 Å². The van der Waals surface area contributed by atoms with Gasteiger partial charge in [0.25, 0.3) is 0 Å². The van der Waals surface area contributed by atoms with E-state index in [0.717, 1.165) is 19.0 Å². The van der Waals surface area contributed by atoms with Crippen LogP contribution in [0.1, 0.15) is 34.6 Å². The number of aliphatic imine (C=N–C) groups is 1. The van der Waals surface area contributed by atoms with Crippen LogP contribution in [0.5, 0.6) is 0 Å². The Morgan fingerprint density at radius 1 is 1.21 bits per heavy atom. The zero-order valence-corrected chi connectivity index (χ0v) is 14.6. The minimum absolute atomic E-state index is 0.110. The molecule has 0 aliphatic heterocycles. The third-order valence-electron chi connectivity index (χ3n) is 3.16. The van der Waals surface area contributed by atoms with Gasteiger partial charge in [-0.15, -0.1) is 0 Å². The van der Waals surface area contributed by atoms with Crippen LogP contribution in [0.15, 0.2) is 4.99 Å². The van der Waals surface area contributed by atoms with Crippen LogP contribution in [0, 0.1) is 5.41 Å². The Bertz CT molecular complexity index is 285. The van der Waals surface area contributed by atoms with Crippen molar-refractivity contribution in [2.75, 3.05) is 33.5 Å². The van der Waals surface area contributed by atoms with E-state index in [2.05, 4.69) is 56.5 Å². The Balaban J connectivity index is 4.29. The maximum atomic E-state index is 5.53. The Kier molecular flexibility index (Phi) is 7.82. The second kappa shape index (κ2) is 8.00. The molecule has 0 aliphatic carbocycles. The van der Waals surface area contributed by atoms with Gasteiger partial charge in [-0.3, -0.25) is 4.99 Å². The van der Waals surface area contributed by atoms with Crippen LogP contribution in [-0.2, 0) is 4.74 Å². The fourth-order valence-electron chi connectivity index (χ4n) is 1.52. The summed E-state index contributed by atoms with van der Waals surface area (Å²) in [5, 5.41) is 6.68. The van der Waals surface area contributed by atoms with E-state index in [-0.39, 0.29) is 16.3 Å². The normalized spacial score (nSPS) is 15.3. The van der Waals surface area contributed by atoms with E-state index in [0.29, 0.717) is 0 Å². The molecule has 1 atom stereocenters. The molecule has 0 fully saturated rings. The summed E-state index contributed by atoms with van der Waals surface area (Å²) in [5.74, 6) is 0.827. The predicted octanol–water partition coefficient (Wildman–Crippen LogP) is 2.35. The number of nitrogens with one attached hydrogen (secondary N) is 2. The van der Waals surface area contributed by atoms with E-state index < -0.39 is 0 Å². The number of hydrogen-bond donors (Lipinski definition) is 2. The standard InChI is InChI=1S/C14H31N3OS/c1-13(2,3)11(18-7)9-16-12(15-6)17-10-14(4,5)19-8/h11H,9-10H2,1-8H3,(H2,15,16,17). The van der Waals surface area contributed by atoms with Gasteiger partial charge < -0.3 is 15.4 Å². The highest BCUT2D eigenvalue weighted by Gasteiger charge is 2.24. The third-order valence-corrected chi connectivity index (χ3v) is 4.41. The number of nitrogens with zero attached hydrogens (tertiary/aromatic N) is 1. The van der Waals surface area contributed by atoms with Crippen LogP contribution in [0.3, 0.4) is 0 Å². The zero-order valence-electron chi connectivity index (χ0n) is 13.8. The predicted molar refractivity (Wildman–Crippen MR) is 87.2 cm³/mol. The van der Waals surface area contributed by atoms with Crippen molar-refractivity contribution < 1.29 is 4.74 Å². The van der Waals surface area contributed by atoms with Gasteiger partial charge in [-0.05, 0) is 25.5 Å². The van der Waals surface area contributed by atoms with Crippen molar-refractivity contribution in [3.63, 3.8) is 0 Å². The smallest absolute Gasteiger partial charge is 0.191 e. The molecule has 0 aromatic carbocycles. The van der Waals surface area contributed by atoms with E-state index in [1.165, 1.54) is 0 Å². The van der Waals surface area contributed by atoms with E-state index in [4.69, 9.17) is 4.74 Å². The van der Waals surface area contributed by atoms with Crippen molar-refractivity contribution in [2.45, 2.75) is 45.5 Å². The van der Waals surface area contributed by atoms with Crippen LogP contribution < -0.4 is 10.6 Å². The first-order chi connectivity index (χ1) is 8.66. The summed E-state index contributed by atoms with van der Waals surface area (Å²) in [5.41, 5.74) is 0.110. The number of methoxy groups -OCH3 is 1. The first kappa shape index (κ1) is 18.6.